The fourth-order valence-electron chi connectivity index (χ4n) is 1.43. The van der Waals surface area contributed by atoms with E-state index in [2.05, 4.69) is 5.43 Å². The van der Waals surface area contributed by atoms with Gasteiger partial charge in [-0.05, 0) is 11.6 Å². The zero-order valence-corrected chi connectivity index (χ0v) is 7.49. The van der Waals surface area contributed by atoms with Crippen molar-refractivity contribution in [2.45, 2.75) is 6.54 Å². The number of hydrogen-bond acceptors (Lipinski definition) is 4. The Balaban J connectivity index is 2.73. The minimum absolute atomic E-state index is 0.353. The number of para-hydroxylation sites is 1. The van der Waals surface area contributed by atoms with Gasteiger partial charge in [0, 0.05) is 18.0 Å². The van der Waals surface area contributed by atoms with Crippen LogP contribution in [0.15, 0.2) is 39.5 Å². The summed E-state index contributed by atoms with van der Waals surface area (Å²) in [7, 11) is 0. The quantitative estimate of drug-likeness (QED) is 0.416. The molecule has 0 spiro atoms. The van der Waals surface area contributed by atoms with Crippen molar-refractivity contribution in [1.29, 1.82) is 0 Å². The number of hydrazine groups is 1. The summed E-state index contributed by atoms with van der Waals surface area (Å²) in [6.07, 6.45) is 0. The number of nitrogens with two attached hydrogens (primary N) is 1. The molecule has 0 unspecified atom stereocenters. The normalized spacial score (nSPS) is 10.6. The van der Waals surface area contributed by atoms with Gasteiger partial charge >= 0.3 is 5.63 Å². The van der Waals surface area contributed by atoms with Gasteiger partial charge in [0.15, 0.2) is 0 Å². The van der Waals surface area contributed by atoms with Crippen LogP contribution in [-0.2, 0) is 6.54 Å². The Labute approximate surface area is 80.3 Å². The topological polar surface area (TPSA) is 68.3 Å². The number of rotatable bonds is 2. The highest BCUT2D eigenvalue weighted by Crippen LogP contribution is 2.15. The highest BCUT2D eigenvalue weighted by molar-refractivity contribution is 5.79. The molecule has 3 N–H and O–H groups in total. The second-order valence-corrected chi connectivity index (χ2v) is 2.97. The minimum Gasteiger partial charge on any atom is -0.423 e. The highest BCUT2D eigenvalue weighted by atomic mass is 16.4. The fourth-order valence-corrected chi connectivity index (χ4v) is 1.43. The van der Waals surface area contributed by atoms with E-state index in [0.717, 1.165) is 10.9 Å². The zero-order valence-electron chi connectivity index (χ0n) is 7.49. The Morgan fingerprint density at radius 3 is 2.93 bits per heavy atom. The summed E-state index contributed by atoms with van der Waals surface area (Å²) in [5.74, 6) is 5.22. The van der Waals surface area contributed by atoms with Crippen LogP contribution in [0, 0.1) is 0 Å². The average molecular weight is 190 g/mol. The first kappa shape index (κ1) is 8.93. The van der Waals surface area contributed by atoms with Gasteiger partial charge in [0.25, 0.3) is 0 Å². The van der Waals surface area contributed by atoms with Crippen molar-refractivity contribution in [3.63, 3.8) is 0 Å². The fraction of sp³-hybridized carbons (Fsp3) is 0.100. The third-order valence-corrected chi connectivity index (χ3v) is 2.03. The van der Waals surface area contributed by atoms with E-state index in [4.69, 9.17) is 10.3 Å². The monoisotopic (exact) mass is 190 g/mol. The average Bonchev–Trinajstić information content (AvgIpc) is 2.18. The Morgan fingerprint density at radius 1 is 1.36 bits per heavy atom. The summed E-state index contributed by atoms with van der Waals surface area (Å²) in [6, 6.07) is 8.82. The lowest BCUT2D eigenvalue weighted by Crippen LogP contribution is -2.21. The highest BCUT2D eigenvalue weighted by Gasteiger charge is 2.02. The summed E-state index contributed by atoms with van der Waals surface area (Å²) < 4.78 is 5.02. The van der Waals surface area contributed by atoms with Gasteiger partial charge in [0.2, 0.25) is 0 Å². The van der Waals surface area contributed by atoms with Crippen molar-refractivity contribution in [3.05, 3.63) is 46.3 Å². The van der Waals surface area contributed by atoms with Crippen molar-refractivity contribution >= 4 is 11.0 Å². The molecule has 1 aromatic heterocycles. The molecule has 0 aliphatic carbocycles. The van der Waals surface area contributed by atoms with Crippen molar-refractivity contribution in [1.82, 2.24) is 5.43 Å². The minimum atomic E-state index is -0.353. The molecule has 4 nitrogen and oxygen atoms in total. The maximum atomic E-state index is 11.1. The predicted molar refractivity (Wildman–Crippen MR) is 53.5 cm³/mol. The van der Waals surface area contributed by atoms with Gasteiger partial charge in [-0.1, -0.05) is 18.2 Å². The third-order valence-electron chi connectivity index (χ3n) is 2.03. The van der Waals surface area contributed by atoms with E-state index in [0.29, 0.717) is 12.1 Å². The standard InChI is InChI=1S/C10H10N2O2/c11-12-6-7-5-10(13)14-9-4-2-1-3-8(7)9/h1-5,12H,6,11H2. The molecule has 1 aromatic carbocycles. The Morgan fingerprint density at radius 2 is 2.14 bits per heavy atom. The van der Waals surface area contributed by atoms with E-state index in [9.17, 15) is 4.79 Å². The number of hydrogen-bond donors (Lipinski definition) is 2. The molecule has 0 radical (unpaired) electrons. The predicted octanol–water partition coefficient (Wildman–Crippen LogP) is 0.756. The van der Waals surface area contributed by atoms with Crippen molar-refractivity contribution < 1.29 is 4.42 Å². The van der Waals surface area contributed by atoms with Gasteiger partial charge in [-0.3, -0.25) is 11.3 Å². The lowest BCUT2D eigenvalue weighted by Gasteiger charge is -2.03. The van der Waals surface area contributed by atoms with Crippen molar-refractivity contribution in [3.8, 4) is 0 Å². The molecule has 14 heavy (non-hydrogen) atoms. The largest absolute Gasteiger partial charge is 0.423 e. The van der Waals surface area contributed by atoms with E-state index in [1.165, 1.54) is 6.07 Å². The molecule has 2 rings (SSSR count). The van der Waals surface area contributed by atoms with Gasteiger partial charge in [0.05, 0.1) is 0 Å². The molecule has 0 saturated carbocycles. The molecule has 0 fully saturated rings. The number of nitrogens with one attached hydrogen (secondary N) is 1. The van der Waals surface area contributed by atoms with Crippen molar-refractivity contribution in [2.75, 3.05) is 0 Å². The lowest BCUT2D eigenvalue weighted by atomic mass is 10.1. The Hall–Kier alpha value is -1.65. The molecule has 0 amide bonds. The van der Waals surface area contributed by atoms with Crippen LogP contribution >= 0.6 is 0 Å². The van der Waals surface area contributed by atoms with Gasteiger partial charge in [-0.2, -0.15) is 0 Å². The second kappa shape index (κ2) is 3.61. The second-order valence-electron chi connectivity index (χ2n) is 2.97. The molecule has 0 aliphatic heterocycles. The van der Waals surface area contributed by atoms with Gasteiger partial charge in [-0.25, -0.2) is 4.79 Å². The molecule has 0 atom stereocenters. The van der Waals surface area contributed by atoms with Crippen LogP contribution in [-0.4, -0.2) is 0 Å². The van der Waals surface area contributed by atoms with E-state index in [-0.39, 0.29) is 5.63 Å². The molecule has 4 heteroatoms. The van der Waals surface area contributed by atoms with Crippen LogP contribution in [0.3, 0.4) is 0 Å². The number of benzene rings is 1. The van der Waals surface area contributed by atoms with E-state index < -0.39 is 0 Å². The van der Waals surface area contributed by atoms with Crippen LogP contribution < -0.4 is 16.9 Å². The first-order valence-corrected chi connectivity index (χ1v) is 4.26. The zero-order chi connectivity index (χ0) is 9.97. The third kappa shape index (κ3) is 1.53. The first-order valence-electron chi connectivity index (χ1n) is 4.26. The summed E-state index contributed by atoms with van der Waals surface area (Å²) >= 11 is 0. The first-order chi connectivity index (χ1) is 6.81. The molecule has 2 aromatic rings. The Bertz CT molecular complexity index is 505. The molecular weight excluding hydrogens is 180 g/mol. The molecule has 0 saturated heterocycles. The SMILES string of the molecule is NNCc1cc(=O)oc2ccccc12. The van der Waals surface area contributed by atoms with Gasteiger partial charge < -0.3 is 4.42 Å². The molecule has 0 aliphatic rings. The summed E-state index contributed by atoms with van der Waals surface area (Å²) in [6.45, 7) is 0.451. The van der Waals surface area contributed by atoms with Crippen LogP contribution in [0.4, 0.5) is 0 Å². The van der Waals surface area contributed by atoms with Crippen LogP contribution in [0.1, 0.15) is 5.56 Å². The molecule has 0 bridgehead atoms. The maximum Gasteiger partial charge on any atom is 0.336 e. The Kier molecular flexibility index (Phi) is 2.30. The van der Waals surface area contributed by atoms with Crippen LogP contribution in [0.5, 0.6) is 0 Å². The maximum absolute atomic E-state index is 11.1. The summed E-state index contributed by atoms with van der Waals surface area (Å²) in [4.78, 5) is 11.1. The van der Waals surface area contributed by atoms with E-state index >= 15 is 0 Å². The van der Waals surface area contributed by atoms with E-state index in [1.54, 1.807) is 6.07 Å². The van der Waals surface area contributed by atoms with E-state index in [1.807, 2.05) is 18.2 Å². The van der Waals surface area contributed by atoms with Crippen LogP contribution in [0.25, 0.3) is 11.0 Å². The summed E-state index contributed by atoms with van der Waals surface area (Å²) in [5.41, 5.74) is 3.60. The molecule has 72 valence electrons. The smallest absolute Gasteiger partial charge is 0.336 e. The van der Waals surface area contributed by atoms with Gasteiger partial charge in [-0.15, -0.1) is 0 Å². The van der Waals surface area contributed by atoms with Crippen LogP contribution in [0.2, 0.25) is 0 Å². The number of fused-ring (bicyclic) bond motifs is 1. The van der Waals surface area contributed by atoms with Gasteiger partial charge in [0.1, 0.15) is 5.58 Å². The molecular formula is C10H10N2O2. The molecule has 1 heterocycles. The van der Waals surface area contributed by atoms with Crippen molar-refractivity contribution in [2.24, 2.45) is 5.84 Å². The lowest BCUT2D eigenvalue weighted by molar-refractivity contribution is 0.557. The summed E-state index contributed by atoms with van der Waals surface area (Å²) in [5, 5.41) is 0.907.